The molecule has 0 radical (unpaired) electrons. The summed E-state index contributed by atoms with van der Waals surface area (Å²) in [6.07, 6.45) is 6.51. The zero-order chi connectivity index (χ0) is 12.3. The van der Waals surface area contributed by atoms with Gasteiger partial charge in [0.1, 0.15) is 0 Å². The van der Waals surface area contributed by atoms with Crippen LogP contribution in [0.1, 0.15) is 33.6 Å². The largest absolute Gasteiger partial charge is 0.384 e. The third kappa shape index (κ3) is 2.71. The lowest BCUT2D eigenvalue weighted by Crippen LogP contribution is -2.42. The van der Waals surface area contributed by atoms with Crippen LogP contribution in [0.3, 0.4) is 0 Å². The Hall–Kier alpha value is -1.25. The molecule has 1 aromatic rings. The fourth-order valence-corrected chi connectivity index (χ4v) is 2.59. The molecule has 3 nitrogen and oxygen atoms in total. The van der Waals surface area contributed by atoms with Gasteiger partial charge in [-0.1, -0.05) is 6.92 Å². The first-order valence-corrected chi connectivity index (χ1v) is 6.68. The minimum Gasteiger partial charge on any atom is -0.384 e. The fraction of sp³-hybridized carbons (Fsp3) is 0.643. The smallest absolute Gasteiger partial charge is 0.0575 e. The van der Waals surface area contributed by atoms with Gasteiger partial charge in [0.25, 0.3) is 0 Å². The first kappa shape index (κ1) is 12.2. The predicted octanol–water partition coefficient (Wildman–Crippen LogP) is 3.14. The third-order valence-electron chi connectivity index (χ3n) is 3.81. The van der Waals surface area contributed by atoms with Gasteiger partial charge in [-0.25, -0.2) is 0 Å². The van der Waals surface area contributed by atoms with Crippen LogP contribution in [-0.2, 0) is 0 Å². The molecule has 17 heavy (non-hydrogen) atoms. The molecule has 0 amide bonds. The molecule has 0 saturated carbocycles. The Morgan fingerprint density at radius 3 is 3.00 bits per heavy atom. The lowest BCUT2D eigenvalue weighted by molar-refractivity contribution is 0.363. The van der Waals surface area contributed by atoms with Gasteiger partial charge in [-0.3, -0.25) is 4.98 Å². The summed E-state index contributed by atoms with van der Waals surface area (Å²) < 4.78 is 0. The Morgan fingerprint density at radius 2 is 2.24 bits per heavy atom. The summed E-state index contributed by atoms with van der Waals surface area (Å²) in [5, 5.41) is 3.32. The van der Waals surface area contributed by atoms with Gasteiger partial charge >= 0.3 is 0 Å². The van der Waals surface area contributed by atoms with Crippen LogP contribution in [0, 0.1) is 5.92 Å². The zero-order valence-electron chi connectivity index (χ0n) is 11.1. The molecule has 1 aliphatic rings. The van der Waals surface area contributed by atoms with Gasteiger partial charge in [-0.2, -0.15) is 0 Å². The summed E-state index contributed by atoms with van der Waals surface area (Å²) in [5.74, 6) is 0.770. The average molecular weight is 233 g/mol. The summed E-state index contributed by atoms with van der Waals surface area (Å²) in [6.45, 7) is 8.88. The van der Waals surface area contributed by atoms with E-state index in [1.54, 1.807) is 0 Å². The van der Waals surface area contributed by atoms with Crippen LogP contribution >= 0.6 is 0 Å². The summed E-state index contributed by atoms with van der Waals surface area (Å²) in [5.41, 5.74) is 2.37. The molecular weight excluding hydrogens is 210 g/mol. The number of anilines is 2. The summed E-state index contributed by atoms with van der Waals surface area (Å²) in [6, 6.07) is 2.83. The van der Waals surface area contributed by atoms with Gasteiger partial charge in [0.15, 0.2) is 0 Å². The molecule has 1 aromatic heterocycles. The van der Waals surface area contributed by atoms with E-state index in [0.29, 0.717) is 6.04 Å². The Balaban J connectivity index is 2.17. The van der Waals surface area contributed by atoms with Crippen LogP contribution in [0.4, 0.5) is 11.4 Å². The Labute approximate surface area is 104 Å². The van der Waals surface area contributed by atoms with Crippen molar-refractivity contribution in [2.45, 2.75) is 39.7 Å². The first-order chi connectivity index (χ1) is 8.22. The highest BCUT2D eigenvalue weighted by Crippen LogP contribution is 2.29. The Kier molecular flexibility index (Phi) is 3.87. The molecule has 1 saturated heterocycles. The second kappa shape index (κ2) is 5.39. The average Bonchev–Trinajstić information content (AvgIpc) is 2.33. The number of pyridine rings is 1. The van der Waals surface area contributed by atoms with Gasteiger partial charge in [-0.05, 0) is 38.7 Å². The van der Waals surface area contributed by atoms with Crippen molar-refractivity contribution in [2.75, 3.05) is 23.3 Å². The molecule has 2 heterocycles. The minimum atomic E-state index is 0.613. The summed E-state index contributed by atoms with van der Waals surface area (Å²) >= 11 is 0. The first-order valence-electron chi connectivity index (χ1n) is 6.68. The molecule has 2 atom stereocenters. The van der Waals surface area contributed by atoms with Crippen LogP contribution in [0.5, 0.6) is 0 Å². The standard InChI is InChI=1S/C14H23N3/c1-4-16-13-8-14(10-15-9-13)17-7-5-6-11(2)12(17)3/h8-12,16H,4-7H2,1-3H3. The van der Waals surface area contributed by atoms with Gasteiger partial charge in [0, 0.05) is 19.1 Å². The van der Waals surface area contributed by atoms with Crippen molar-refractivity contribution >= 4 is 11.4 Å². The maximum Gasteiger partial charge on any atom is 0.0575 e. The molecule has 94 valence electrons. The van der Waals surface area contributed by atoms with Crippen LogP contribution in [0.15, 0.2) is 18.5 Å². The number of nitrogens with one attached hydrogen (secondary N) is 1. The number of hydrogen-bond acceptors (Lipinski definition) is 3. The highest BCUT2D eigenvalue weighted by atomic mass is 15.2. The zero-order valence-corrected chi connectivity index (χ0v) is 11.1. The molecule has 3 heteroatoms. The topological polar surface area (TPSA) is 28.2 Å². The number of aromatic nitrogens is 1. The molecule has 2 rings (SSSR count). The lowest BCUT2D eigenvalue weighted by atomic mass is 9.92. The van der Waals surface area contributed by atoms with Crippen molar-refractivity contribution in [1.29, 1.82) is 0 Å². The van der Waals surface area contributed by atoms with Gasteiger partial charge in [0.05, 0.1) is 23.8 Å². The molecule has 0 bridgehead atoms. The van der Waals surface area contributed by atoms with Crippen LogP contribution in [0.25, 0.3) is 0 Å². The fourth-order valence-electron chi connectivity index (χ4n) is 2.59. The van der Waals surface area contributed by atoms with E-state index in [2.05, 4.69) is 42.0 Å². The van der Waals surface area contributed by atoms with E-state index in [4.69, 9.17) is 0 Å². The van der Waals surface area contributed by atoms with Crippen molar-refractivity contribution in [3.05, 3.63) is 18.5 Å². The SMILES string of the molecule is CCNc1cncc(N2CCCC(C)C2C)c1. The maximum atomic E-state index is 4.33. The van der Waals surface area contributed by atoms with Crippen molar-refractivity contribution in [3.63, 3.8) is 0 Å². The number of rotatable bonds is 3. The van der Waals surface area contributed by atoms with E-state index >= 15 is 0 Å². The van der Waals surface area contributed by atoms with Crippen molar-refractivity contribution in [3.8, 4) is 0 Å². The molecular formula is C14H23N3. The normalized spacial score (nSPS) is 24.8. The van der Waals surface area contributed by atoms with Crippen molar-refractivity contribution in [1.82, 2.24) is 4.98 Å². The van der Waals surface area contributed by atoms with E-state index in [1.165, 1.54) is 18.5 Å². The summed E-state index contributed by atoms with van der Waals surface area (Å²) in [7, 11) is 0. The third-order valence-corrected chi connectivity index (χ3v) is 3.81. The number of hydrogen-bond donors (Lipinski definition) is 1. The van der Waals surface area contributed by atoms with E-state index in [-0.39, 0.29) is 0 Å². The minimum absolute atomic E-state index is 0.613. The van der Waals surface area contributed by atoms with Gasteiger partial charge in [-0.15, -0.1) is 0 Å². The van der Waals surface area contributed by atoms with E-state index in [0.717, 1.165) is 24.7 Å². The Bertz CT molecular complexity index is 364. The summed E-state index contributed by atoms with van der Waals surface area (Å²) in [4.78, 5) is 6.82. The molecule has 2 unspecified atom stereocenters. The van der Waals surface area contributed by atoms with E-state index in [1.807, 2.05) is 12.4 Å². The molecule has 0 spiro atoms. The van der Waals surface area contributed by atoms with Crippen LogP contribution < -0.4 is 10.2 Å². The molecule has 1 fully saturated rings. The van der Waals surface area contributed by atoms with E-state index < -0.39 is 0 Å². The highest BCUT2D eigenvalue weighted by molar-refractivity contribution is 5.56. The predicted molar refractivity (Wildman–Crippen MR) is 73.6 cm³/mol. The number of piperidine rings is 1. The quantitative estimate of drug-likeness (QED) is 0.869. The Morgan fingerprint density at radius 1 is 1.41 bits per heavy atom. The van der Waals surface area contributed by atoms with Crippen LogP contribution in [0.2, 0.25) is 0 Å². The molecule has 0 aliphatic carbocycles. The maximum absolute atomic E-state index is 4.33. The van der Waals surface area contributed by atoms with Crippen molar-refractivity contribution < 1.29 is 0 Å². The highest BCUT2D eigenvalue weighted by Gasteiger charge is 2.24. The molecule has 0 aromatic carbocycles. The second-order valence-corrected chi connectivity index (χ2v) is 5.02. The monoisotopic (exact) mass is 233 g/mol. The number of nitrogens with zero attached hydrogens (tertiary/aromatic N) is 2. The van der Waals surface area contributed by atoms with Gasteiger partial charge in [0.2, 0.25) is 0 Å². The van der Waals surface area contributed by atoms with Crippen LogP contribution in [-0.4, -0.2) is 24.1 Å². The molecule has 1 aliphatic heterocycles. The van der Waals surface area contributed by atoms with Gasteiger partial charge < -0.3 is 10.2 Å². The molecule has 1 N–H and O–H groups in total. The van der Waals surface area contributed by atoms with E-state index in [9.17, 15) is 0 Å². The second-order valence-electron chi connectivity index (χ2n) is 5.02. The lowest BCUT2D eigenvalue weighted by Gasteiger charge is -2.39. The van der Waals surface area contributed by atoms with Crippen molar-refractivity contribution in [2.24, 2.45) is 5.92 Å².